The standard InChI is InChI=1S/C7H12F3NO/c1-5(2)11-6(3-12-4-6)7(8,9)10/h5,11H,3-4H2,1-2H3. The summed E-state index contributed by atoms with van der Waals surface area (Å²) in [4.78, 5) is 0. The maximum atomic E-state index is 12.4. The highest BCUT2D eigenvalue weighted by Crippen LogP contribution is 2.36. The lowest BCUT2D eigenvalue weighted by molar-refractivity contribution is -0.269. The molecule has 0 spiro atoms. The lowest BCUT2D eigenvalue weighted by Gasteiger charge is -2.44. The van der Waals surface area contributed by atoms with Crippen molar-refractivity contribution in [1.82, 2.24) is 5.32 Å². The average Bonchev–Trinajstić information content (AvgIpc) is 1.74. The van der Waals surface area contributed by atoms with Crippen LogP contribution in [0.1, 0.15) is 13.8 Å². The second-order valence-corrected chi connectivity index (χ2v) is 3.37. The zero-order chi connectivity index (χ0) is 9.41. The molecule has 0 aromatic rings. The van der Waals surface area contributed by atoms with E-state index in [1.54, 1.807) is 13.8 Å². The van der Waals surface area contributed by atoms with Gasteiger partial charge in [-0.15, -0.1) is 0 Å². The van der Waals surface area contributed by atoms with Crippen molar-refractivity contribution in [2.24, 2.45) is 0 Å². The van der Waals surface area contributed by atoms with Crippen LogP contribution in [-0.4, -0.2) is 31.0 Å². The van der Waals surface area contributed by atoms with Crippen LogP contribution in [0.2, 0.25) is 0 Å². The lowest BCUT2D eigenvalue weighted by atomic mass is 9.96. The van der Waals surface area contributed by atoms with Gasteiger partial charge in [0, 0.05) is 6.04 Å². The highest BCUT2D eigenvalue weighted by molar-refractivity contribution is 5.01. The van der Waals surface area contributed by atoms with Gasteiger partial charge in [-0.05, 0) is 0 Å². The Kier molecular flexibility index (Phi) is 2.35. The van der Waals surface area contributed by atoms with Crippen molar-refractivity contribution in [3.63, 3.8) is 0 Å². The third-order valence-electron chi connectivity index (χ3n) is 1.80. The van der Waals surface area contributed by atoms with Crippen molar-refractivity contribution < 1.29 is 17.9 Å². The monoisotopic (exact) mass is 183 g/mol. The Morgan fingerprint density at radius 1 is 1.33 bits per heavy atom. The van der Waals surface area contributed by atoms with Gasteiger partial charge in [0.2, 0.25) is 0 Å². The van der Waals surface area contributed by atoms with E-state index < -0.39 is 11.7 Å². The molecule has 0 radical (unpaired) electrons. The summed E-state index contributed by atoms with van der Waals surface area (Å²) in [6.07, 6.45) is -4.21. The van der Waals surface area contributed by atoms with E-state index >= 15 is 0 Å². The first-order valence-corrected chi connectivity index (χ1v) is 3.79. The molecular weight excluding hydrogens is 171 g/mol. The Balaban J connectivity index is 2.63. The van der Waals surface area contributed by atoms with E-state index in [0.717, 1.165) is 0 Å². The largest absolute Gasteiger partial charge is 0.411 e. The molecule has 12 heavy (non-hydrogen) atoms. The molecule has 72 valence electrons. The molecule has 0 aromatic heterocycles. The summed E-state index contributed by atoms with van der Waals surface area (Å²) in [7, 11) is 0. The zero-order valence-corrected chi connectivity index (χ0v) is 7.03. The fourth-order valence-corrected chi connectivity index (χ4v) is 1.19. The number of alkyl halides is 3. The summed E-state index contributed by atoms with van der Waals surface area (Å²) < 4.78 is 41.7. The minimum Gasteiger partial charge on any atom is -0.377 e. The summed E-state index contributed by atoms with van der Waals surface area (Å²) in [6.45, 7) is 2.83. The molecule has 1 aliphatic heterocycles. The lowest BCUT2D eigenvalue weighted by Crippen LogP contribution is -2.70. The molecular formula is C7H12F3NO. The van der Waals surface area contributed by atoms with Crippen LogP contribution in [0, 0.1) is 0 Å². The van der Waals surface area contributed by atoms with Gasteiger partial charge >= 0.3 is 6.18 Å². The molecule has 0 saturated carbocycles. The van der Waals surface area contributed by atoms with Gasteiger partial charge in [0.05, 0.1) is 13.2 Å². The third-order valence-corrected chi connectivity index (χ3v) is 1.80. The second kappa shape index (κ2) is 2.88. The highest BCUT2D eigenvalue weighted by atomic mass is 19.4. The van der Waals surface area contributed by atoms with Crippen LogP contribution >= 0.6 is 0 Å². The molecule has 5 heteroatoms. The van der Waals surface area contributed by atoms with Crippen molar-refractivity contribution in [2.45, 2.75) is 31.6 Å². The molecule has 1 rings (SSSR count). The molecule has 0 bridgehead atoms. The Morgan fingerprint density at radius 3 is 1.92 bits per heavy atom. The SMILES string of the molecule is CC(C)NC1(C(F)(F)F)COC1. The smallest absolute Gasteiger partial charge is 0.377 e. The first-order chi connectivity index (χ1) is 5.37. The zero-order valence-electron chi connectivity index (χ0n) is 7.03. The molecule has 0 amide bonds. The average molecular weight is 183 g/mol. The molecule has 0 atom stereocenters. The fraction of sp³-hybridized carbons (Fsp3) is 1.00. The fourth-order valence-electron chi connectivity index (χ4n) is 1.19. The van der Waals surface area contributed by atoms with Gasteiger partial charge in [-0.1, -0.05) is 13.8 Å². The molecule has 2 nitrogen and oxygen atoms in total. The first kappa shape index (κ1) is 9.80. The summed E-state index contributed by atoms with van der Waals surface area (Å²) in [6, 6.07) is -0.185. The molecule has 1 fully saturated rings. The Labute approximate surface area is 69.1 Å². The van der Waals surface area contributed by atoms with Gasteiger partial charge in [-0.25, -0.2) is 0 Å². The van der Waals surface area contributed by atoms with Gasteiger partial charge in [-0.2, -0.15) is 13.2 Å². The maximum absolute atomic E-state index is 12.4. The van der Waals surface area contributed by atoms with Crippen LogP contribution in [0.4, 0.5) is 13.2 Å². The van der Waals surface area contributed by atoms with Crippen LogP contribution in [0.3, 0.4) is 0 Å². The summed E-state index contributed by atoms with van der Waals surface area (Å²) in [5, 5.41) is 2.48. The highest BCUT2D eigenvalue weighted by Gasteiger charge is 2.60. The predicted molar refractivity (Wildman–Crippen MR) is 37.9 cm³/mol. The second-order valence-electron chi connectivity index (χ2n) is 3.37. The molecule has 0 aliphatic carbocycles. The molecule has 1 saturated heterocycles. The van der Waals surface area contributed by atoms with Gasteiger partial charge in [0.15, 0.2) is 5.54 Å². The van der Waals surface area contributed by atoms with E-state index in [-0.39, 0.29) is 19.3 Å². The normalized spacial score (nSPS) is 22.5. The van der Waals surface area contributed by atoms with Gasteiger partial charge in [0.25, 0.3) is 0 Å². The van der Waals surface area contributed by atoms with Crippen LogP contribution < -0.4 is 5.32 Å². The maximum Gasteiger partial charge on any atom is 0.411 e. The van der Waals surface area contributed by atoms with E-state index in [1.165, 1.54) is 0 Å². The van der Waals surface area contributed by atoms with Crippen molar-refractivity contribution >= 4 is 0 Å². The minimum absolute atomic E-state index is 0.185. The number of hydrogen-bond acceptors (Lipinski definition) is 2. The number of halogens is 3. The Morgan fingerprint density at radius 2 is 1.83 bits per heavy atom. The number of rotatable bonds is 2. The quantitative estimate of drug-likeness (QED) is 0.697. The van der Waals surface area contributed by atoms with E-state index in [4.69, 9.17) is 0 Å². The van der Waals surface area contributed by atoms with Crippen LogP contribution in [-0.2, 0) is 4.74 Å². The van der Waals surface area contributed by atoms with Crippen molar-refractivity contribution in [3.8, 4) is 0 Å². The Bertz CT molecular complexity index is 163. The van der Waals surface area contributed by atoms with Crippen LogP contribution in [0.15, 0.2) is 0 Å². The summed E-state index contributed by atoms with van der Waals surface area (Å²) in [5.41, 5.74) is -1.79. The van der Waals surface area contributed by atoms with Crippen molar-refractivity contribution in [3.05, 3.63) is 0 Å². The van der Waals surface area contributed by atoms with Crippen LogP contribution in [0.25, 0.3) is 0 Å². The van der Waals surface area contributed by atoms with Gasteiger partial charge in [-0.3, -0.25) is 5.32 Å². The molecule has 0 aromatic carbocycles. The van der Waals surface area contributed by atoms with E-state index in [1.807, 2.05) is 0 Å². The topological polar surface area (TPSA) is 21.3 Å². The van der Waals surface area contributed by atoms with E-state index in [0.29, 0.717) is 0 Å². The minimum atomic E-state index is -4.21. The van der Waals surface area contributed by atoms with Crippen molar-refractivity contribution in [2.75, 3.05) is 13.2 Å². The predicted octanol–water partition coefficient (Wildman–Crippen LogP) is 1.32. The molecule has 0 unspecified atom stereocenters. The number of ether oxygens (including phenoxy) is 1. The summed E-state index contributed by atoms with van der Waals surface area (Å²) in [5.74, 6) is 0. The molecule has 1 heterocycles. The van der Waals surface area contributed by atoms with Crippen LogP contribution in [0.5, 0.6) is 0 Å². The van der Waals surface area contributed by atoms with Crippen molar-refractivity contribution in [1.29, 1.82) is 0 Å². The Hall–Kier alpha value is -0.290. The van der Waals surface area contributed by atoms with E-state index in [2.05, 4.69) is 10.1 Å². The molecule has 1 N–H and O–H groups in total. The third kappa shape index (κ3) is 1.56. The van der Waals surface area contributed by atoms with E-state index in [9.17, 15) is 13.2 Å². The number of hydrogen-bond donors (Lipinski definition) is 1. The summed E-state index contributed by atoms with van der Waals surface area (Å²) >= 11 is 0. The number of nitrogens with one attached hydrogen (secondary N) is 1. The first-order valence-electron chi connectivity index (χ1n) is 3.79. The molecule has 1 aliphatic rings. The van der Waals surface area contributed by atoms with Gasteiger partial charge < -0.3 is 4.74 Å². The van der Waals surface area contributed by atoms with Gasteiger partial charge in [0.1, 0.15) is 0 Å².